The second kappa shape index (κ2) is 11.6. The second-order valence-corrected chi connectivity index (χ2v) is 12.9. The third-order valence-corrected chi connectivity index (χ3v) is 10.1. The number of carbonyl (C=O) groups excluding carboxylic acids is 1. The van der Waals surface area contributed by atoms with Crippen LogP contribution >= 0.6 is 0 Å². The lowest BCUT2D eigenvalue weighted by atomic mass is 9.86. The molecule has 42 heavy (non-hydrogen) atoms. The first-order chi connectivity index (χ1) is 20.2. The number of hydrogen-bond donors (Lipinski definition) is 1. The first kappa shape index (κ1) is 28.5. The predicted octanol–water partition coefficient (Wildman–Crippen LogP) is 7.35. The number of aryl methyl sites for hydroxylation is 4. The molecule has 1 saturated carbocycles. The highest BCUT2D eigenvalue weighted by Gasteiger charge is 2.54. The van der Waals surface area contributed by atoms with Gasteiger partial charge in [0.25, 0.3) is 0 Å². The molecule has 3 aliphatic rings. The molecule has 220 valence electrons. The van der Waals surface area contributed by atoms with Gasteiger partial charge in [-0.25, -0.2) is 0 Å². The van der Waals surface area contributed by atoms with Crippen molar-refractivity contribution in [1.82, 2.24) is 4.90 Å². The molecule has 5 nitrogen and oxygen atoms in total. The van der Waals surface area contributed by atoms with E-state index < -0.39 is 5.97 Å². The summed E-state index contributed by atoms with van der Waals surface area (Å²) in [7, 11) is 0. The number of likely N-dealkylation sites (tertiary alicyclic amines) is 1. The van der Waals surface area contributed by atoms with Crippen LogP contribution in [0, 0.1) is 26.2 Å². The van der Waals surface area contributed by atoms with Gasteiger partial charge in [-0.1, -0.05) is 36.4 Å². The average Bonchev–Trinajstić information content (AvgIpc) is 3.51. The van der Waals surface area contributed by atoms with Crippen LogP contribution in [0.4, 0.5) is 0 Å². The van der Waals surface area contributed by atoms with E-state index in [4.69, 9.17) is 4.74 Å². The molecule has 2 fully saturated rings. The number of carbonyl (C=O) groups is 2. The fourth-order valence-corrected chi connectivity index (χ4v) is 7.65. The number of benzene rings is 3. The van der Waals surface area contributed by atoms with Crippen molar-refractivity contribution in [2.24, 2.45) is 5.41 Å². The molecule has 3 aromatic rings. The summed E-state index contributed by atoms with van der Waals surface area (Å²) in [5.74, 6) is 0.665. The molecule has 0 aromatic heterocycles. The Kier molecular flexibility index (Phi) is 7.87. The Morgan fingerprint density at radius 1 is 1.05 bits per heavy atom. The van der Waals surface area contributed by atoms with Crippen molar-refractivity contribution in [3.63, 3.8) is 0 Å². The highest BCUT2D eigenvalue weighted by atomic mass is 16.5. The summed E-state index contributed by atoms with van der Waals surface area (Å²) < 4.78 is 6.10. The van der Waals surface area contributed by atoms with Gasteiger partial charge < -0.3 is 14.7 Å². The number of ether oxygens (including phenoxy) is 1. The van der Waals surface area contributed by atoms with Gasteiger partial charge in [0, 0.05) is 25.4 Å². The van der Waals surface area contributed by atoms with Crippen LogP contribution < -0.4 is 4.74 Å². The quantitative estimate of drug-likeness (QED) is 0.247. The summed E-state index contributed by atoms with van der Waals surface area (Å²) in [5, 5.41) is 9.47. The van der Waals surface area contributed by atoms with E-state index in [0.29, 0.717) is 13.0 Å². The van der Waals surface area contributed by atoms with Crippen molar-refractivity contribution in [2.75, 3.05) is 19.7 Å². The molecular weight excluding hydrogens is 522 g/mol. The number of amides is 1. The van der Waals surface area contributed by atoms with Gasteiger partial charge in [-0.15, -0.1) is 0 Å². The highest BCUT2D eigenvalue weighted by molar-refractivity contribution is 5.78. The van der Waals surface area contributed by atoms with Gasteiger partial charge in [-0.05, 0) is 133 Å². The Bertz CT molecular complexity index is 1500. The van der Waals surface area contributed by atoms with Crippen molar-refractivity contribution in [2.45, 2.75) is 84.5 Å². The third kappa shape index (κ3) is 5.71. The molecule has 1 unspecified atom stereocenters. The lowest BCUT2D eigenvalue weighted by Gasteiger charge is -2.18. The Hall–Kier alpha value is -3.60. The molecule has 2 aliphatic carbocycles. The van der Waals surface area contributed by atoms with Crippen LogP contribution in [-0.2, 0) is 28.9 Å². The number of carboxylic acid groups (broad SMARTS) is 1. The molecule has 1 amide bonds. The summed E-state index contributed by atoms with van der Waals surface area (Å²) in [6.07, 6.45) is 8.08. The van der Waals surface area contributed by atoms with Gasteiger partial charge in [-0.2, -0.15) is 0 Å². The molecule has 5 heteroatoms. The number of aliphatic carboxylic acids is 1. The van der Waals surface area contributed by atoms with E-state index in [1.165, 1.54) is 50.1 Å². The van der Waals surface area contributed by atoms with Crippen molar-refractivity contribution in [3.05, 3.63) is 87.5 Å². The third-order valence-electron chi connectivity index (χ3n) is 10.1. The minimum Gasteiger partial charge on any atom is -0.494 e. The summed E-state index contributed by atoms with van der Waals surface area (Å²) in [6.45, 7) is 8.84. The maximum absolute atomic E-state index is 11.8. The lowest BCUT2D eigenvalue weighted by Crippen LogP contribution is -2.26. The molecule has 1 aliphatic heterocycles. The standard InChI is InChI=1S/C37H43NO4/c1-24-19-30(42-18-6-17-38-16-5-9-34(38)39)20-25(2)36(24)31-8-4-7-28(26(31)3)12-10-27-11-13-32-29(21-27)23-37(14-15-37)33(32)22-35(40)41/h4,7-8,11,13,19-21,33H,5-6,9-10,12,14-18,22-23H2,1-3H3,(H,40,41). The first-order valence-corrected chi connectivity index (χ1v) is 15.7. The highest BCUT2D eigenvalue weighted by Crippen LogP contribution is 2.64. The molecular formula is C37H43NO4. The van der Waals surface area contributed by atoms with Crippen molar-refractivity contribution in [1.29, 1.82) is 0 Å². The fourth-order valence-electron chi connectivity index (χ4n) is 7.65. The fraction of sp³-hybridized carbons (Fsp3) is 0.459. The zero-order valence-electron chi connectivity index (χ0n) is 25.3. The summed E-state index contributed by atoms with van der Waals surface area (Å²) in [5.41, 5.74) is 11.9. The van der Waals surface area contributed by atoms with E-state index in [1.807, 2.05) is 4.90 Å². The van der Waals surface area contributed by atoms with Crippen LogP contribution in [0.1, 0.15) is 83.4 Å². The first-order valence-electron chi connectivity index (χ1n) is 15.7. The van der Waals surface area contributed by atoms with Gasteiger partial charge in [-0.3, -0.25) is 9.59 Å². The number of nitrogens with zero attached hydrogens (tertiary/aromatic N) is 1. The minimum atomic E-state index is -0.683. The predicted molar refractivity (Wildman–Crippen MR) is 166 cm³/mol. The van der Waals surface area contributed by atoms with Crippen LogP contribution in [0.2, 0.25) is 0 Å². The van der Waals surface area contributed by atoms with E-state index >= 15 is 0 Å². The van der Waals surface area contributed by atoms with Gasteiger partial charge in [0.2, 0.25) is 5.91 Å². The normalized spacial score (nSPS) is 18.5. The maximum Gasteiger partial charge on any atom is 0.303 e. The zero-order valence-corrected chi connectivity index (χ0v) is 25.3. The number of hydrogen-bond acceptors (Lipinski definition) is 3. The van der Waals surface area contributed by atoms with Crippen LogP contribution in [0.15, 0.2) is 48.5 Å². The van der Waals surface area contributed by atoms with E-state index in [2.05, 4.69) is 69.3 Å². The Balaban J connectivity index is 1.12. The van der Waals surface area contributed by atoms with Crippen molar-refractivity contribution >= 4 is 11.9 Å². The number of rotatable bonds is 11. The number of carboxylic acids is 1. The monoisotopic (exact) mass is 565 g/mol. The summed E-state index contributed by atoms with van der Waals surface area (Å²) in [4.78, 5) is 25.3. The molecule has 0 radical (unpaired) electrons. The smallest absolute Gasteiger partial charge is 0.303 e. The molecule has 1 saturated heterocycles. The second-order valence-electron chi connectivity index (χ2n) is 12.9. The van der Waals surface area contributed by atoms with Crippen LogP contribution in [0.3, 0.4) is 0 Å². The van der Waals surface area contributed by atoms with Gasteiger partial charge in [0.05, 0.1) is 13.0 Å². The molecule has 6 rings (SSSR count). The average molecular weight is 566 g/mol. The minimum absolute atomic E-state index is 0.182. The molecule has 1 heterocycles. The Labute approximate surface area is 249 Å². The van der Waals surface area contributed by atoms with E-state index in [-0.39, 0.29) is 23.7 Å². The van der Waals surface area contributed by atoms with Crippen molar-refractivity contribution < 1.29 is 19.4 Å². The lowest BCUT2D eigenvalue weighted by molar-refractivity contribution is -0.137. The van der Waals surface area contributed by atoms with Crippen LogP contribution in [0.5, 0.6) is 5.75 Å². The molecule has 1 atom stereocenters. The van der Waals surface area contributed by atoms with Gasteiger partial charge in [0.1, 0.15) is 5.75 Å². The molecule has 1 spiro atoms. The van der Waals surface area contributed by atoms with Gasteiger partial charge >= 0.3 is 5.97 Å². The molecule has 3 aromatic carbocycles. The van der Waals surface area contributed by atoms with E-state index in [9.17, 15) is 14.7 Å². The Morgan fingerprint density at radius 2 is 1.83 bits per heavy atom. The largest absolute Gasteiger partial charge is 0.494 e. The van der Waals surface area contributed by atoms with E-state index in [1.54, 1.807) is 0 Å². The van der Waals surface area contributed by atoms with Crippen molar-refractivity contribution in [3.8, 4) is 16.9 Å². The van der Waals surface area contributed by atoms with Gasteiger partial charge in [0.15, 0.2) is 0 Å². The molecule has 1 N–H and O–H groups in total. The molecule has 0 bridgehead atoms. The topological polar surface area (TPSA) is 66.8 Å². The summed E-state index contributed by atoms with van der Waals surface area (Å²) >= 11 is 0. The van der Waals surface area contributed by atoms with Crippen LogP contribution in [0.25, 0.3) is 11.1 Å². The zero-order chi connectivity index (χ0) is 29.4. The maximum atomic E-state index is 11.8. The Morgan fingerprint density at radius 3 is 2.52 bits per heavy atom. The summed E-state index contributed by atoms with van der Waals surface area (Å²) in [6, 6.07) is 17.7. The number of fused-ring (bicyclic) bond motifs is 1. The SMILES string of the molecule is Cc1cc(OCCCN2CCCC2=O)cc(C)c1-c1cccc(CCc2ccc3c(c2)CC2(CC2)C3CC(=O)O)c1C. The van der Waals surface area contributed by atoms with Crippen LogP contribution in [-0.4, -0.2) is 41.6 Å². The van der Waals surface area contributed by atoms with E-state index in [0.717, 1.165) is 63.8 Å².